The van der Waals surface area contributed by atoms with E-state index in [1.165, 1.54) is 0 Å². The molecular formula is C20H30O4. The van der Waals surface area contributed by atoms with Gasteiger partial charge in [-0.25, -0.2) is 0 Å². The highest BCUT2D eigenvalue weighted by Gasteiger charge is 2.52. The van der Waals surface area contributed by atoms with Crippen LogP contribution in [0.5, 0.6) is 0 Å². The Morgan fingerprint density at radius 1 is 1.29 bits per heavy atom. The van der Waals surface area contributed by atoms with Crippen molar-refractivity contribution in [1.29, 1.82) is 0 Å². The third-order valence-electron chi connectivity index (χ3n) is 4.76. The van der Waals surface area contributed by atoms with Crippen LogP contribution in [0.4, 0.5) is 0 Å². The van der Waals surface area contributed by atoms with Crippen LogP contribution >= 0.6 is 0 Å². The van der Waals surface area contributed by atoms with E-state index in [2.05, 4.69) is 24.8 Å². The first-order chi connectivity index (χ1) is 11.3. The minimum Gasteiger partial charge on any atom is -0.481 e. The van der Waals surface area contributed by atoms with Crippen LogP contribution in [0.25, 0.3) is 0 Å². The number of allylic oxidation sites excluding steroid dienone is 1. The smallest absolute Gasteiger partial charge is 0.303 e. The summed E-state index contributed by atoms with van der Waals surface area (Å²) in [6.07, 6.45) is 8.15. The molecule has 1 aliphatic rings. The predicted molar refractivity (Wildman–Crippen MR) is 94.3 cm³/mol. The van der Waals surface area contributed by atoms with Gasteiger partial charge in [0.05, 0.1) is 11.5 Å². The van der Waals surface area contributed by atoms with Gasteiger partial charge >= 0.3 is 5.97 Å². The quantitative estimate of drug-likeness (QED) is 0.404. The lowest BCUT2D eigenvalue weighted by atomic mass is 9.86. The lowest BCUT2D eigenvalue weighted by molar-refractivity contribution is -0.137. The second kappa shape index (κ2) is 9.64. The van der Waals surface area contributed by atoms with Crippen LogP contribution in [0.3, 0.4) is 0 Å². The molecule has 1 aliphatic carbocycles. The number of aliphatic hydroxyl groups excluding tert-OH is 1. The van der Waals surface area contributed by atoms with Gasteiger partial charge in [-0.3, -0.25) is 9.59 Å². The van der Waals surface area contributed by atoms with Crippen molar-refractivity contribution < 1.29 is 19.8 Å². The van der Waals surface area contributed by atoms with Crippen LogP contribution in [0.15, 0.2) is 12.2 Å². The van der Waals surface area contributed by atoms with Gasteiger partial charge in [0.2, 0.25) is 0 Å². The Balaban J connectivity index is 2.69. The van der Waals surface area contributed by atoms with E-state index in [1.807, 2.05) is 6.08 Å². The van der Waals surface area contributed by atoms with E-state index in [0.29, 0.717) is 19.3 Å². The molecule has 4 nitrogen and oxygen atoms in total. The Morgan fingerprint density at radius 2 is 2.00 bits per heavy atom. The fraction of sp³-hybridized carbons (Fsp3) is 0.700. The molecule has 0 aromatic heterocycles. The average molecular weight is 334 g/mol. The molecule has 1 saturated carbocycles. The highest BCUT2D eigenvalue weighted by atomic mass is 16.4. The molecule has 0 radical (unpaired) electrons. The number of carboxylic acids is 1. The first kappa shape index (κ1) is 20.4. The molecule has 4 heteroatoms. The van der Waals surface area contributed by atoms with Crippen molar-refractivity contribution in [1.82, 2.24) is 0 Å². The molecule has 3 atom stereocenters. The monoisotopic (exact) mass is 334 g/mol. The number of aliphatic hydroxyl groups is 1. The largest absolute Gasteiger partial charge is 0.481 e. The average Bonchev–Trinajstić information content (AvgIpc) is 2.68. The molecule has 0 bridgehead atoms. The van der Waals surface area contributed by atoms with Crippen molar-refractivity contribution in [2.45, 2.75) is 71.8 Å². The summed E-state index contributed by atoms with van der Waals surface area (Å²) < 4.78 is 0. The van der Waals surface area contributed by atoms with Crippen molar-refractivity contribution >= 4 is 11.8 Å². The number of hydrogen-bond acceptors (Lipinski definition) is 3. The number of Topliss-reactive ketones (excluding diaryl/α,β-unsaturated/α-hetero) is 1. The summed E-state index contributed by atoms with van der Waals surface area (Å²) in [4.78, 5) is 23.1. The molecule has 0 amide bonds. The van der Waals surface area contributed by atoms with Gasteiger partial charge in [0.25, 0.3) is 0 Å². The van der Waals surface area contributed by atoms with Gasteiger partial charge in [-0.15, -0.1) is 11.8 Å². The topological polar surface area (TPSA) is 74.6 Å². The maximum absolute atomic E-state index is 12.6. The number of aliphatic carboxylic acids is 1. The SMILES string of the molecule is CCCC/C=C/[C@@H]1[C@@H](CC#CCCCC(=O)O)C(=O)C(C)(C)[C@H]1O. The molecule has 24 heavy (non-hydrogen) atoms. The molecule has 0 aromatic carbocycles. The highest BCUT2D eigenvalue weighted by molar-refractivity contribution is 5.90. The summed E-state index contributed by atoms with van der Waals surface area (Å²) >= 11 is 0. The van der Waals surface area contributed by atoms with Crippen molar-refractivity contribution in [2.24, 2.45) is 17.3 Å². The van der Waals surface area contributed by atoms with Gasteiger partial charge in [0.1, 0.15) is 5.78 Å². The molecule has 0 unspecified atom stereocenters. The fourth-order valence-electron chi connectivity index (χ4n) is 3.14. The zero-order valence-electron chi connectivity index (χ0n) is 15.0. The minimum absolute atomic E-state index is 0.0694. The summed E-state index contributed by atoms with van der Waals surface area (Å²) in [5.41, 5.74) is -0.741. The van der Waals surface area contributed by atoms with Gasteiger partial charge in [0, 0.05) is 31.1 Å². The number of rotatable bonds is 8. The molecule has 1 rings (SSSR count). The zero-order valence-corrected chi connectivity index (χ0v) is 15.0. The second-order valence-electron chi connectivity index (χ2n) is 7.09. The van der Waals surface area contributed by atoms with Crippen LogP contribution < -0.4 is 0 Å². The van der Waals surface area contributed by atoms with Gasteiger partial charge in [-0.1, -0.05) is 45.8 Å². The minimum atomic E-state index is -0.815. The molecule has 0 saturated heterocycles. The Hall–Kier alpha value is -1.60. The first-order valence-corrected chi connectivity index (χ1v) is 8.89. The van der Waals surface area contributed by atoms with Crippen molar-refractivity contribution in [3.05, 3.63) is 12.2 Å². The Bertz CT molecular complexity index is 521. The van der Waals surface area contributed by atoms with Crippen LogP contribution in [0, 0.1) is 29.1 Å². The Kier molecular flexibility index (Phi) is 8.21. The van der Waals surface area contributed by atoms with Gasteiger partial charge in [-0.05, 0) is 12.8 Å². The summed E-state index contributed by atoms with van der Waals surface area (Å²) in [6.45, 7) is 5.73. The number of carbonyl (C=O) groups excluding carboxylic acids is 1. The van der Waals surface area contributed by atoms with E-state index in [0.717, 1.165) is 19.3 Å². The Labute approximate surface area is 145 Å². The lowest BCUT2D eigenvalue weighted by Crippen LogP contribution is -2.31. The van der Waals surface area contributed by atoms with E-state index in [-0.39, 0.29) is 24.0 Å². The van der Waals surface area contributed by atoms with E-state index < -0.39 is 17.5 Å². The Morgan fingerprint density at radius 3 is 2.62 bits per heavy atom. The van der Waals surface area contributed by atoms with Crippen LogP contribution in [0.2, 0.25) is 0 Å². The van der Waals surface area contributed by atoms with Crippen molar-refractivity contribution in [2.75, 3.05) is 0 Å². The van der Waals surface area contributed by atoms with E-state index in [4.69, 9.17) is 5.11 Å². The van der Waals surface area contributed by atoms with Gasteiger partial charge in [0.15, 0.2) is 0 Å². The summed E-state index contributed by atoms with van der Waals surface area (Å²) in [5, 5.41) is 19.1. The summed E-state index contributed by atoms with van der Waals surface area (Å²) in [6, 6.07) is 0. The number of hydrogen-bond donors (Lipinski definition) is 2. The molecule has 0 aliphatic heterocycles. The standard InChI is InChI=1S/C20H30O4/c1-4-5-6-9-12-15-16(19(24)20(2,3)18(15)23)13-10-7-8-11-14-17(21)22/h9,12,15-16,18,23H,4-6,8,11,13-14H2,1-3H3,(H,21,22)/b12-9+/t15-,16-,18+/m1/s1. The molecular weight excluding hydrogens is 304 g/mol. The van der Waals surface area contributed by atoms with Gasteiger partial charge < -0.3 is 10.2 Å². The summed E-state index contributed by atoms with van der Waals surface area (Å²) in [5.74, 6) is 4.76. The molecule has 2 N–H and O–H groups in total. The van der Waals surface area contributed by atoms with Crippen LogP contribution in [0.1, 0.15) is 65.7 Å². The van der Waals surface area contributed by atoms with Crippen LogP contribution in [-0.4, -0.2) is 28.1 Å². The molecule has 0 aromatic rings. The third-order valence-corrected chi connectivity index (χ3v) is 4.76. The van der Waals surface area contributed by atoms with Crippen LogP contribution in [-0.2, 0) is 9.59 Å². The number of carbonyl (C=O) groups is 2. The van der Waals surface area contributed by atoms with Gasteiger partial charge in [-0.2, -0.15) is 0 Å². The number of carboxylic acid groups (broad SMARTS) is 1. The predicted octanol–water partition coefficient (Wildman–Crippen LogP) is 3.58. The van der Waals surface area contributed by atoms with E-state index >= 15 is 0 Å². The highest BCUT2D eigenvalue weighted by Crippen LogP contribution is 2.44. The van der Waals surface area contributed by atoms with Crippen molar-refractivity contribution in [3.63, 3.8) is 0 Å². The zero-order chi connectivity index (χ0) is 18.2. The maximum Gasteiger partial charge on any atom is 0.303 e. The number of ketones is 1. The third kappa shape index (κ3) is 5.49. The number of unbranched alkanes of at least 4 members (excludes halogenated alkanes) is 3. The maximum atomic E-state index is 12.6. The molecule has 0 heterocycles. The second-order valence-corrected chi connectivity index (χ2v) is 7.09. The van der Waals surface area contributed by atoms with E-state index in [1.54, 1.807) is 13.8 Å². The van der Waals surface area contributed by atoms with Crippen molar-refractivity contribution in [3.8, 4) is 11.8 Å². The normalized spacial score (nSPS) is 25.7. The molecule has 1 fully saturated rings. The molecule has 134 valence electrons. The molecule has 0 spiro atoms. The lowest BCUT2D eigenvalue weighted by Gasteiger charge is -2.22. The first-order valence-electron chi connectivity index (χ1n) is 8.89. The van der Waals surface area contributed by atoms with E-state index in [9.17, 15) is 14.7 Å². The fourth-order valence-corrected chi connectivity index (χ4v) is 3.14. The summed E-state index contributed by atoms with van der Waals surface area (Å²) in [7, 11) is 0.